The Bertz CT molecular complexity index is 368. The van der Waals surface area contributed by atoms with Gasteiger partial charge in [-0.3, -0.25) is 4.79 Å². The number of carboxylic acids is 1. The van der Waals surface area contributed by atoms with E-state index in [1.54, 1.807) is 0 Å². The van der Waals surface area contributed by atoms with Gasteiger partial charge in [0, 0.05) is 19.1 Å². The van der Waals surface area contributed by atoms with E-state index in [1.165, 1.54) is 4.90 Å². The normalized spacial score (nSPS) is 18.4. The Morgan fingerprint density at radius 3 is 2.19 bits per heavy atom. The molecule has 1 rings (SSSR count). The van der Waals surface area contributed by atoms with E-state index in [-0.39, 0.29) is 24.0 Å². The van der Waals surface area contributed by atoms with E-state index >= 15 is 0 Å². The molecule has 1 atom stereocenters. The van der Waals surface area contributed by atoms with Crippen molar-refractivity contribution >= 4 is 12.0 Å². The molecule has 5 heteroatoms. The highest BCUT2D eigenvalue weighted by Gasteiger charge is 2.33. The maximum atomic E-state index is 12.6. The second-order valence-electron chi connectivity index (χ2n) is 7.19. The summed E-state index contributed by atoms with van der Waals surface area (Å²) in [5.41, 5.74) is 0.270. The van der Waals surface area contributed by atoms with Gasteiger partial charge in [-0.05, 0) is 37.5 Å². The summed E-state index contributed by atoms with van der Waals surface area (Å²) in [7, 11) is 0. The smallest absolute Gasteiger partial charge is 0.323 e. The molecule has 21 heavy (non-hydrogen) atoms. The molecule has 0 saturated carbocycles. The lowest BCUT2D eigenvalue weighted by Gasteiger charge is -2.41. The third kappa shape index (κ3) is 4.90. The second-order valence-corrected chi connectivity index (χ2v) is 7.19. The van der Waals surface area contributed by atoms with E-state index in [1.807, 2.05) is 18.7 Å². The Kier molecular flexibility index (Phi) is 6.05. The fourth-order valence-electron chi connectivity index (χ4n) is 2.90. The van der Waals surface area contributed by atoms with Crippen LogP contribution in [-0.4, -0.2) is 52.6 Å². The lowest BCUT2D eigenvalue weighted by molar-refractivity contribution is -0.138. The number of hydrogen-bond donors (Lipinski definition) is 1. The minimum absolute atomic E-state index is 0.0473. The fraction of sp³-hybridized carbons (Fsp3) is 0.875. The standard InChI is InChI=1S/C16H30N2O3/c1-6-12(2)18(11-14(19)20)15(21)17-9-7-13(8-10-17)16(3,4)5/h12-13H,6-11H2,1-5H3,(H,19,20). The molecule has 0 spiro atoms. The summed E-state index contributed by atoms with van der Waals surface area (Å²) in [6.07, 6.45) is 2.75. The molecule has 1 unspecified atom stereocenters. The molecule has 1 saturated heterocycles. The number of hydrogen-bond acceptors (Lipinski definition) is 2. The molecule has 5 nitrogen and oxygen atoms in total. The molecule has 0 aromatic heterocycles. The van der Waals surface area contributed by atoms with Gasteiger partial charge in [0.1, 0.15) is 6.54 Å². The highest BCUT2D eigenvalue weighted by molar-refractivity contribution is 5.80. The third-order valence-corrected chi connectivity index (χ3v) is 4.66. The molecule has 1 aliphatic heterocycles. The van der Waals surface area contributed by atoms with Crippen LogP contribution in [0.3, 0.4) is 0 Å². The van der Waals surface area contributed by atoms with Crippen LogP contribution in [0.4, 0.5) is 4.79 Å². The second kappa shape index (κ2) is 7.14. The van der Waals surface area contributed by atoms with Gasteiger partial charge in [0.15, 0.2) is 0 Å². The summed E-state index contributed by atoms with van der Waals surface area (Å²) in [6.45, 7) is 11.8. The lowest BCUT2D eigenvalue weighted by atomic mass is 9.75. The quantitative estimate of drug-likeness (QED) is 0.867. The van der Waals surface area contributed by atoms with E-state index in [2.05, 4.69) is 20.8 Å². The number of amides is 2. The van der Waals surface area contributed by atoms with Crippen molar-refractivity contribution in [3.63, 3.8) is 0 Å². The molecule has 1 aliphatic rings. The Hall–Kier alpha value is -1.26. The van der Waals surface area contributed by atoms with Crippen molar-refractivity contribution in [3.05, 3.63) is 0 Å². The summed E-state index contributed by atoms with van der Waals surface area (Å²) >= 11 is 0. The van der Waals surface area contributed by atoms with Gasteiger partial charge in [-0.25, -0.2) is 4.79 Å². The first kappa shape index (κ1) is 17.8. The van der Waals surface area contributed by atoms with Crippen LogP contribution in [-0.2, 0) is 4.79 Å². The van der Waals surface area contributed by atoms with Crippen LogP contribution in [0.1, 0.15) is 53.9 Å². The first-order chi connectivity index (χ1) is 9.66. The van der Waals surface area contributed by atoms with Gasteiger partial charge in [0.25, 0.3) is 0 Å². The van der Waals surface area contributed by atoms with Gasteiger partial charge in [-0.1, -0.05) is 27.7 Å². The number of urea groups is 1. The summed E-state index contributed by atoms with van der Waals surface area (Å²) in [5.74, 6) is -0.328. The molecule has 1 N–H and O–H groups in total. The zero-order valence-corrected chi connectivity index (χ0v) is 14.1. The Balaban J connectivity index is 2.67. The van der Waals surface area contributed by atoms with Gasteiger partial charge < -0.3 is 14.9 Å². The maximum Gasteiger partial charge on any atom is 0.323 e. The average molecular weight is 298 g/mol. The van der Waals surface area contributed by atoms with Crippen LogP contribution in [0.2, 0.25) is 0 Å². The number of carbonyl (C=O) groups excluding carboxylic acids is 1. The molecule has 0 aliphatic carbocycles. The number of nitrogens with zero attached hydrogens (tertiary/aromatic N) is 2. The molecule has 0 aromatic rings. The van der Waals surface area contributed by atoms with Gasteiger partial charge in [-0.2, -0.15) is 0 Å². The molecular formula is C16H30N2O3. The number of likely N-dealkylation sites (tertiary alicyclic amines) is 1. The third-order valence-electron chi connectivity index (χ3n) is 4.66. The number of piperidine rings is 1. The molecule has 0 bridgehead atoms. The van der Waals surface area contributed by atoms with Crippen LogP contribution in [0.15, 0.2) is 0 Å². The van der Waals surface area contributed by atoms with Crippen molar-refractivity contribution in [1.29, 1.82) is 0 Å². The summed E-state index contributed by atoms with van der Waals surface area (Å²) in [5, 5.41) is 9.01. The monoisotopic (exact) mass is 298 g/mol. The SMILES string of the molecule is CCC(C)N(CC(=O)O)C(=O)N1CCC(C(C)(C)C)CC1. The van der Waals surface area contributed by atoms with E-state index < -0.39 is 5.97 Å². The predicted octanol–water partition coefficient (Wildman–Crippen LogP) is 3.05. The number of rotatable bonds is 4. The van der Waals surface area contributed by atoms with Crippen LogP contribution < -0.4 is 0 Å². The van der Waals surface area contributed by atoms with Crippen molar-refractivity contribution in [3.8, 4) is 0 Å². The summed E-state index contributed by atoms with van der Waals surface area (Å²) < 4.78 is 0. The predicted molar refractivity (Wildman–Crippen MR) is 83.2 cm³/mol. The number of carboxylic acid groups (broad SMARTS) is 1. The lowest BCUT2D eigenvalue weighted by Crippen LogP contribution is -2.52. The molecule has 1 fully saturated rings. The summed E-state index contributed by atoms with van der Waals surface area (Å²) in [6, 6.07) is -0.173. The topological polar surface area (TPSA) is 60.9 Å². The van der Waals surface area contributed by atoms with E-state index in [9.17, 15) is 9.59 Å². The largest absolute Gasteiger partial charge is 0.480 e. The molecular weight excluding hydrogens is 268 g/mol. The maximum absolute atomic E-state index is 12.6. The van der Waals surface area contributed by atoms with Gasteiger partial charge in [0.2, 0.25) is 0 Å². The van der Waals surface area contributed by atoms with Gasteiger partial charge in [0.05, 0.1) is 0 Å². The van der Waals surface area contributed by atoms with Gasteiger partial charge >= 0.3 is 12.0 Å². The average Bonchev–Trinajstić information content (AvgIpc) is 2.42. The van der Waals surface area contributed by atoms with Crippen molar-refractivity contribution in [2.24, 2.45) is 11.3 Å². The van der Waals surface area contributed by atoms with Crippen LogP contribution in [0, 0.1) is 11.3 Å². The van der Waals surface area contributed by atoms with Crippen molar-refractivity contribution in [2.45, 2.75) is 59.9 Å². The van der Waals surface area contributed by atoms with Crippen molar-refractivity contribution in [2.75, 3.05) is 19.6 Å². The van der Waals surface area contributed by atoms with Crippen molar-refractivity contribution < 1.29 is 14.7 Å². The van der Waals surface area contributed by atoms with E-state index in [0.717, 1.165) is 32.4 Å². The minimum atomic E-state index is -0.951. The zero-order valence-electron chi connectivity index (χ0n) is 14.1. The van der Waals surface area contributed by atoms with Crippen LogP contribution in [0.5, 0.6) is 0 Å². The Morgan fingerprint density at radius 1 is 1.29 bits per heavy atom. The highest BCUT2D eigenvalue weighted by Crippen LogP contribution is 2.34. The number of carbonyl (C=O) groups is 2. The van der Waals surface area contributed by atoms with Crippen LogP contribution in [0.25, 0.3) is 0 Å². The van der Waals surface area contributed by atoms with E-state index in [4.69, 9.17) is 5.11 Å². The number of aliphatic carboxylic acids is 1. The molecule has 0 radical (unpaired) electrons. The fourth-order valence-corrected chi connectivity index (χ4v) is 2.90. The Labute approximate surface area is 128 Å². The highest BCUT2D eigenvalue weighted by atomic mass is 16.4. The molecule has 0 aromatic carbocycles. The van der Waals surface area contributed by atoms with E-state index in [0.29, 0.717) is 5.92 Å². The first-order valence-electron chi connectivity index (χ1n) is 7.94. The van der Waals surface area contributed by atoms with Crippen molar-refractivity contribution in [1.82, 2.24) is 9.80 Å². The zero-order chi connectivity index (χ0) is 16.2. The molecule has 2 amide bonds. The van der Waals surface area contributed by atoms with Crippen LogP contribution >= 0.6 is 0 Å². The Morgan fingerprint density at radius 2 is 1.81 bits per heavy atom. The first-order valence-corrected chi connectivity index (χ1v) is 7.94. The molecule has 1 heterocycles. The minimum Gasteiger partial charge on any atom is -0.480 e. The summed E-state index contributed by atoms with van der Waals surface area (Å²) in [4.78, 5) is 26.9. The van der Waals surface area contributed by atoms with Gasteiger partial charge in [-0.15, -0.1) is 0 Å². The molecule has 122 valence electrons.